The van der Waals surface area contributed by atoms with Gasteiger partial charge in [-0.15, -0.1) is 0 Å². The summed E-state index contributed by atoms with van der Waals surface area (Å²) in [6, 6.07) is 14.4. The van der Waals surface area contributed by atoms with E-state index in [2.05, 4.69) is 0 Å². The summed E-state index contributed by atoms with van der Waals surface area (Å²) in [5.74, 6) is -0.136. The van der Waals surface area contributed by atoms with Crippen molar-refractivity contribution < 1.29 is 9.53 Å². The highest BCUT2D eigenvalue weighted by Crippen LogP contribution is 2.40. The molecule has 1 amide bonds. The highest BCUT2D eigenvalue weighted by Gasteiger charge is 2.36. The van der Waals surface area contributed by atoms with Crippen molar-refractivity contribution in [2.24, 2.45) is 0 Å². The van der Waals surface area contributed by atoms with E-state index in [1.807, 2.05) is 18.2 Å². The van der Waals surface area contributed by atoms with E-state index in [9.17, 15) is 9.59 Å². The third-order valence-corrected chi connectivity index (χ3v) is 6.34. The van der Waals surface area contributed by atoms with Crippen LogP contribution in [0.2, 0.25) is 10.0 Å². The molecule has 0 bridgehead atoms. The maximum Gasteiger partial charge on any atom is 0.259 e. The molecule has 1 saturated heterocycles. The SMILES string of the molecule is COC1CN(C(=O)c2cc(-c3cccc(Cl)c3)c(=O)n3c2-c2c(Cl)cccc2C3)C1. The second-order valence-electron chi connectivity index (χ2n) is 7.56. The average molecular weight is 441 g/mol. The van der Waals surface area contributed by atoms with E-state index in [4.69, 9.17) is 27.9 Å². The Morgan fingerprint density at radius 1 is 1.10 bits per heavy atom. The van der Waals surface area contributed by atoms with Crippen molar-refractivity contribution in [2.45, 2.75) is 12.6 Å². The number of pyridine rings is 1. The van der Waals surface area contributed by atoms with E-state index in [-0.39, 0.29) is 17.6 Å². The first kappa shape index (κ1) is 19.4. The predicted molar refractivity (Wildman–Crippen MR) is 117 cm³/mol. The van der Waals surface area contributed by atoms with Gasteiger partial charge in [0, 0.05) is 36.3 Å². The van der Waals surface area contributed by atoms with Crippen LogP contribution in [0, 0.1) is 0 Å². The molecule has 0 N–H and O–H groups in total. The van der Waals surface area contributed by atoms with Crippen molar-refractivity contribution >= 4 is 29.1 Å². The molecule has 5 rings (SSSR count). The molecule has 7 heteroatoms. The number of methoxy groups -OCH3 is 1. The molecule has 0 unspecified atom stereocenters. The molecule has 30 heavy (non-hydrogen) atoms. The number of ether oxygens (including phenoxy) is 1. The van der Waals surface area contributed by atoms with Crippen LogP contribution in [0.1, 0.15) is 15.9 Å². The van der Waals surface area contributed by atoms with Gasteiger partial charge in [0.05, 0.1) is 28.9 Å². The van der Waals surface area contributed by atoms with Crippen molar-refractivity contribution in [2.75, 3.05) is 20.2 Å². The van der Waals surface area contributed by atoms with Crippen molar-refractivity contribution in [1.82, 2.24) is 9.47 Å². The number of rotatable bonds is 3. The Bertz CT molecular complexity index is 1250. The highest BCUT2D eigenvalue weighted by molar-refractivity contribution is 6.34. The molecule has 2 aliphatic rings. The number of carbonyl (C=O) groups excluding carboxylic acids is 1. The van der Waals surface area contributed by atoms with Crippen LogP contribution < -0.4 is 5.56 Å². The molecule has 2 aliphatic heterocycles. The van der Waals surface area contributed by atoms with Gasteiger partial charge in [0.2, 0.25) is 0 Å². The minimum atomic E-state index is -0.172. The Balaban J connectivity index is 1.73. The van der Waals surface area contributed by atoms with Crippen LogP contribution in [0.4, 0.5) is 0 Å². The number of hydrogen-bond acceptors (Lipinski definition) is 3. The molecule has 0 atom stereocenters. The second-order valence-corrected chi connectivity index (χ2v) is 8.41. The molecule has 0 aliphatic carbocycles. The number of amides is 1. The van der Waals surface area contributed by atoms with Crippen molar-refractivity contribution in [1.29, 1.82) is 0 Å². The summed E-state index contributed by atoms with van der Waals surface area (Å²) in [5, 5.41) is 1.06. The first-order valence-corrected chi connectivity index (χ1v) is 10.4. The normalized spacial score (nSPS) is 15.0. The molecule has 5 nitrogen and oxygen atoms in total. The number of benzene rings is 2. The van der Waals surface area contributed by atoms with Gasteiger partial charge >= 0.3 is 0 Å². The van der Waals surface area contributed by atoms with Gasteiger partial charge in [0.1, 0.15) is 0 Å². The van der Waals surface area contributed by atoms with Gasteiger partial charge in [-0.25, -0.2) is 0 Å². The van der Waals surface area contributed by atoms with Gasteiger partial charge in [0.25, 0.3) is 11.5 Å². The Morgan fingerprint density at radius 3 is 2.60 bits per heavy atom. The summed E-state index contributed by atoms with van der Waals surface area (Å²) in [5.41, 5.74) is 3.67. The van der Waals surface area contributed by atoms with E-state index in [1.54, 1.807) is 46.9 Å². The lowest BCUT2D eigenvalue weighted by Gasteiger charge is -2.38. The standard InChI is InChI=1S/C23H18Cl2N2O3/c1-30-16-11-26(12-16)22(28)18-9-17(13-4-2-6-15(24)8-13)23(29)27-10-14-5-3-7-19(25)20(14)21(18)27/h2-9,16H,10-12H2,1H3. The maximum atomic E-state index is 13.4. The number of fused-ring (bicyclic) bond motifs is 3. The van der Waals surface area contributed by atoms with E-state index >= 15 is 0 Å². The summed E-state index contributed by atoms with van der Waals surface area (Å²) in [4.78, 5) is 28.6. The first-order valence-electron chi connectivity index (χ1n) is 9.61. The number of nitrogens with zero attached hydrogens (tertiary/aromatic N) is 2. The zero-order chi connectivity index (χ0) is 21.0. The number of carbonyl (C=O) groups is 1. The Hall–Kier alpha value is -2.60. The molecule has 2 aromatic carbocycles. The van der Waals surface area contributed by atoms with Crippen molar-refractivity contribution in [3.05, 3.63) is 80.1 Å². The molecule has 0 spiro atoms. The zero-order valence-electron chi connectivity index (χ0n) is 16.2. The molecule has 1 fully saturated rings. The van der Waals surface area contributed by atoms with E-state index in [1.165, 1.54) is 0 Å². The third kappa shape index (κ3) is 2.97. The number of likely N-dealkylation sites (tertiary alicyclic amines) is 1. The summed E-state index contributed by atoms with van der Waals surface area (Å²) < 4.78 is 6.96. The molecule has 0 radical (unpaired) electrons. The molecular weight excluding hydrogens is 423 g/mol. The fourth-order valence-corrected chi connectivity index (χ4v) is 4.65. The van der Waals surface area contributed by atoms with Crippen LogP contribution in [0.15, 0.2) is 53.3 Å². The number of hydrogen-bond donors (Lipinski definition) is 0. The first-order chi connectivity index (χ1) is 14.5. The molecule has 1 aromatic heterocycles. The molecule has 3 aromatic rings. The van der Waals surface area contributed by atoms with E-state index in [0.717, 1.165) is 11.1 Å². The Labute approximate surface area is 183 Å². The fraction of sp³-hybridized carbons (Fsp3) is 0.217. The van der Waals surface area contributed by atoms with Crippen LogP contribution in [0.25, 0.3) is 22.4 Å². The van der Waals surface area contributed by atoms with Crippen LogP contribution in [0.3, 0.4) is 0 Å². The molecule has 0 saturated carbocycles. The minimum absolute atomic E-state index is 0.0386. The van der Waals surface area contributed by atoms with Crippen LogP contribution in [-0.2, 0) is 11.3 Å². The second kappa shape index (κ2) is 7.27. The summed E-state index contributed by atoms with van der Waals surface area (Å²) in [6.07, 6.45) is 0.0386. The van der Waals surface area contributed by atoms with E-state index in [0.29, 0.717) is 52.1 Å². The molecular formula is C23H18Cl2N2O3. The molecule has 3 heterocycles. The fourth-order valence-electron chi connectivity index (χ4n) is 4.17. The van der Waals surface area contributed by atoms with E-state index < -0.39 is 0 Å². The van der Waals surface area contributed by atoms with Gasteiger partial charge in [-0.3, -0.25) is 9.59 Å². The minimum Gasteiger partial charge on any atom is -0.378 e. The van der Waals surface area contributed by atoms with Crippen LogP contribution >= 0.6 is 23.2 Å². The van der Waals surface area contributed by atoms with Gasteiger partial charge < -0.3 is 14.2 Å². The monoisotopic (exact) mass is 440 g/mol. The lowest BCUT2D eigenvalue weighted by atomic mass is 9.98. The smallest absolute Gasteiger partial charge is 0.259 e. The van der Waals surface area contributed by atoms with Gasteiger partial charge in [0.15, 0.2) is 0 Å². The number of halogens is 2. The lowest BCUT2D eigenvalue weighted by Crippen LogP contribution is -2.54. The van der Waals surface area contributed by atoms with Crippen molar-refractivity contribution in [3.8, 4) is 22.4 Å². The largest absolute Gasteiger partial charge is 0.378 e. The van der Waals surface area contributed by atoms with Gasteiger partial charge in [-0.1, -0.05) is 47.5 Å². The Kier molecular flexibility index (Phi) is 4.69. The summed E-state index contributed by atoms with van der Waals surface area (Å²) >= 11 is 12.7. The quantitative estimate of drug-likeness (QED) is 0.476. The molecule has 152 valence electrons. The van der Waals surface area contributed by atoms with Crippen LogP contribution in [-0.4, -0.2) is 41.7 Å². The maximum absolute atomic E-state index is 13.4. The number of aromatic nitrogens is 1. The zero-order valence-corrected chi connectivity index (χ0v) is 17.7. The Morgan fingerprint density at radius 2 is 1.87 bits per heavy atom. The van der Waals surface area contributed by atoms with Crippen molar-refractivity contribution in [3.63, 3.8) is 0 Å². The highest BCUT2D eigenvalue weighted by atomic mass is 35.5. The summed E-state index contributed by atoms with van der Waals surface area (Å²) in [6.45, 7) is 1.42. The topological polar surface area (TPSA) is 51.5 Å². The average Bonchev–Trinajstić information content (AvgIpc) is 3.09. The van der Waals surface area contributed by atoms with Gasteiger partial charge in [-0.2, -0.15) is 0 Å². The third-order valence-electron chi connectivity index (χ3n) is 5.79. The summed E-state index contributed by atoms with van der Waals surface area (Å²) in [7, 11) is 1.64. The van der Waals surface area contributed by atoms with Crippen LogP contribution in [0.5, 0.6) is 0 Å². The lowest BCUT2D eigenvalue weighted by molar-refractivity contribution is -0.0191. The van der Waals surface area contributed by atoms with Gasteiger partial charge in [-0.05, 0) is 35.4 Å². The predicted octanol–water partition coefficient (Wildman–Crippen LogP) is 4.32.